The zero-order chi connectivity index (χ0) is 19.7. The van der Waals surface area contributed by atoms with Crippen LogP contribution < -0.4 is 5.32 Å². The fourth-order valence-corrected chi connectivity index (χ4v) is 3.87. The minimum Gasteiger partial charge on any atom is -0.356 e. The van der Waals surface area contributed by atoms with Crippen LogP contribution in [0.2, 0.25) is 0 Å². The Hall–Kier alpha value is -1.10. The highest BCUT2D eigenvalue weighted by Gasteiger charge is 2.10. The molecule has 1 fully saturated rings. The van der Waals surface area contributed by atoms with Gasteiger partial charge in [-0.1, -0.05) is 51.4 Å². The number of amides is 2. The molecule has 0 aliphatic carbocycles. The Morgan fingerprint density at radius 1 is 0.778 bits per heavy atom. The number of carbonyl (C=O) groups excluding carboxylic acids is 2. The van der Waals surface area contributed by atoms with Gasteiger partial charge in [-0.3, -0.25) is 9.59 Å². The molecular weight excluding hydrogens is 338 g/mol. The quantitative estimate of drug-likeness (QED) is 0.647. The Labute approximate surface area is 167 Å². The van der Waals surface area contributed by atoms with E-state index < -0.39 is 0 Å². The lowest BCUT2D eigenvalue weighted by Gasteiger charge is -2.25. The fourth-order valence-electron chi connectivity index (χ4n) is 3.87. The van der Waals surface area contributed by atoms with Crippen molar-refractivity contribution in [3.8, 4) is 0 Å². The number of nitrogens with one attached hydrogen (secondary N) is 1. The Bertz CT molecular complexity index is 387. The molecule has 27 heavy (non-hydrogen) atoms. The first-order chi connectivity index (χ1) is 13.1. The Morgan fingerprint density at radius 2 is 1.26 bits per heavy atom. The average molecular weight is 382 g/mol. The molecule has 1 rings (SSSR count). The maximum Gasteiger partial charge on any atom is 0.219 e. The Balaban J connectivity index is 2.29. The minimum atomic E-state index is -0.00428. The summed E-state index contributed by atoms with van der Waals surface area (Å²) in [7, 11) is 0. The zero-order valence-corrected chi connectivity index (χ0v) is 17.9. The topological polar surface area (TPSA) is 52.7 Å². The molecule has 0 atom stereocenters. The molecule has 1 N–H and O–H groups in total. The third-order valence-corrected chi connectivity index (χ3v) is 5.53. The standard InChI is InChI=1S/C22H43N3O2/c1-21(26)23-15-13-19-25(22(2)27)20-14-18-24-16-11-9-7-5-3-4-6-8-10-12-17-24/h3-20H2,1-2H3,(H,23,26). The molecule has 0 saturated carbocycles. The molecule has 1 heterocycles. The van der Waals surface area contributed by atoms with E-state index in [-0.39, 0.29) is 11.8 Å². The Kier molecular flexibility index (Phi) is 14.1. The van der Waals surface area contributed by atoms with E-state index in [0.29, 0.717) is 6.54 Å². The first-order valence-corrected chi connectivity index (χ1v) is 11.3. The molecule has 0 spiro atoms. The number of hydrogen-bond acceptors (Lipinski definition) is 3. The molecular formula is C22H43N3O2. The molecule has 158 valence electrons. The molecule has 1 aliphatic heterocycles. The van der Waals surface area contributed by atoms with Crippen molar-refractivity contribution >= 4 is 11.8 Å². The van der Waals surface area contributed by atoms with E-state index in [1.54, 1.807) is 6.92 Å². The Morgan fingerprint density at radius 3 is 1.74 bits per heavy atom. The molecule has 5 nitrogen and oxygen atoms in total. The van der Waals surface area contributed by atoms with Crippen molar-refractivity contribution in [2.75, 3.05) is 39.3 Å². The van der Waals surface area contributed by atoms with E-state index in [4.69, 9.17) is 0 Å². The van der Waals surface area contributed by atoms with Crippen LogP contribution in [0.15, 0.2) is 0 Å². The monoisotopic (exact) mass is 381 g/mol. The van der Waals surface area contributed by atoms with E-state index in [1.807, 2.05) is 4.90 Å². The number of rotatable bonds is 8. The second-order valence-electron chi connectivity index (χ2n) is 8.07. The van der Waals surface area contributed by atoms with Gasteiger partial charge in [-0.05, 0) is 45.3 Å². The largest absolute Gasteiger partial charge is 0.356 e. The van der Waals surface area contributed by atoms with Crippen LogP contribution in [0, 0.1) is 0 Å². The van der Waals surface area contributed by atoms with Crippen LogP contribution in [-0.2, 0) is 9.59 Å². The van der Waals surface area contributed by atoms with Crippen LogP contribution in [0.25, 0.3) is 0 Å². The maximum atomic E-state index is 11.9. The van der Waals surface area contributed by atoms with Gasteiger partial charge < -0.3 is 15.1 Å². The highest BCUT2D eigenvalue weighted by molar-refractivity contribution is 5.73. The van der Waals surface area contributed by atoms with Crippen molar-refractivity contribution in [1.82, 2.24) is 15.1 Å². The normalized spacial score (nSPS) is 18.0. The lowest BCUT2D eigenvalue weighted by molar-refractivity contribution is -0.129. The van der Waals surface area contributed by atoms with Crippen molar-refractivity contribution in [2.45, 2.75) is 90.9 Å². The van der Waals surface area contributed by atoms with Crippen LogP contribution >= 0.6 is 0 Å². The smallest absolute Gasteiger partial charge is 0.219 e. The van der Waals surface area contributed by atoms with Crippen LogP contribution in [0.1, 0.15) is 90.9 Å². The SMILES string of the molecule is CC(=O)NCCCN(CCCN1CCCCCCCCCCCC1)C(C)=O. The summed E-state index contributed by atoms with van der Waals surface area (Å²) in [6, 6.07) is 0. The van der Waals surface area contributed by atoms with Gasteiger partial charge in [0.15, 0.2) is 0 Å². The van der Waals surface area contributed by atoms with Gasteiger partial charge >= 0.3 is 0 Å². The van der Waals surface area contributed by atoms with Crippen LogP contribution in [-0.4, -0.2) is 60.9 Å². The molecule has 0 aromatic rings. The van der Waals surface area contributed by atoms with Crippen LogP contribution in [0.3, 0.4) is 0 Å². The molecule has 1 saturated heterocycles. The first kappa shape index (κ1) is 23.9. The van der Waals surface area contributed by atoms with Gasteiger partial charge in [0.05, 0.1) is 0 Å². The lowest BCUT2D eigenvalue weighted by Crippen LogP contribution is -2.35. The number of carbonyl (C=O) groups is 2. The summed E-state index contributed by atoms with van der Waals surface area (Å²) in [4.78, 5) is 27.3. The molecule has 0 bridgehead atoms. The van der Waals surface area contributed by atoms with Crippen molar-refractivity contribution < 1.29 is 9.59 Å². The van der Waals surface area contributed by atoms with Gasteiger partial charge in [0.2, 0.25) is 11.8 Å². The van der Waals surface area contributed by atoms with Crippen LogP contribution in [0.5, 0.6) is 0 Å². The van der Waals surface area contributed by atoms with Crippen molar-refractivity contribution in [3.63, 3.8) is 0 Å². The van der Waals surface area contributed by atoms with Crippen molar-refractivity contribution in [2.24, 2.45) is 0 Å². The fraction of sp³-hybridized carbons (Fsp3) is 0.909. The van der Waals surface area contributed by atoms with Crippen LogP contribution in [0.4, 0.5) is 0 Å². The lowest BCUT2D eigenvalue weighted by atomic mass is 10.1. The van der Waals surface area contributed by atoms with Crippen molar-refractivity contribution in [3.05, 3.63) is 0 Å². The van der Waals surface area contributed by atoms with Gasteiger partial charge in [0.25, 0.3) is 0 Å². The van der Waals surface area contributed by atoms with Gasteiger partial charge in [0, 0.05) is 33.5 Å². The number of hydrogen-bond donors (Lipinski definition) is 1. The third-order valence-electron chi connectivity index (χ3n) is 5.53. The third kappa shape index (κ3) is 13.7. The highest BCUT2D eigenvalue weighted by atomic mass is 16.2. The molecule has 5 heteroatoms. The molecule has 1 aliphatic rings. The second-order valence-corrected chi connectivity index (χ2v) is 8.07. The van der Waals surface area contributed by atoms with E-state index in [0.717, 1.165) is 32.5 Å². The maximum absolute atomic E-state index is 11.9. The predicted molar refractivity (Wildman–Crippen MR) is 113 cm³/mol. The summed E-state index contributed by atoms with van der Waals surface area (Å²) in [5.74, 6) is 0.137. The van der Waals surface area contributed by atoms with Gasteiger partial charge in [-0.15, -0.1) is 0 Å². The van der Waals surface area contributed by atoms with E-state index in [2.05, 4.69) is 10.2 Å². The van der Waals surface area contributed by atoms with E-state index in [9.17, 15) is 9.59 Å². The van der Waals surface area contributed by atoms with Gasteiger partial charge in [0.1, 0.15) is 0 Å². The number of nitrogens with zero attached hydrogens (tertiary/aromatic N) is 2. The summed E-state index contributed by atoms with van der Waals surface area (Å²) >= 11 is 0. The summed E-state index contributed by atoms with van der Waals surface area (Å²) in [5, 5.41) is 2.80. The molecule has 2 amide bonds. The van der Waals surface area contributed by atoms with Gasteiger partial charge in [-0.25, -0.2) is 0 Å². The molecule has 0 aromatic heterocycles. The second kappa shape index (κ2) is 15.9. The summed E-state index contributed by atoms with van der Waals surface area (Å²) in [6.45, 7) is 8.90. The van der Waals surface area contributed by atoms with E-state index in [1.165, 1.54) is 84.2 Å². The van der Waals surface area contributed by atoms with Crippen molar-refractivity contribution in [1.29, 1.82) is 0 Å². The first-order valence-electron chi connectivity index (χ1n) is 11.3. The summed E-state index contributed by atoms with van der Waals surface area (Å²) < 4.78 is 0. The predicted octanol–water partition coefficient (Wildman–Crippen LogP) is 3.97. The highest BCUT2D eigenvalue weighted by Crippen LogP contribution is 2.13. The molecule has 0 radical (unpaired) electrons. The summed E-state index contributed by atoms with van der Waals surface area (Å²) in [6.07, 6.45) is 15.7. The summed E-state index contributed by atoms with van der Waals surface area (Å²) in [5.41, 5.74) is 0. The molecule has 0 unspecified atom stereocenters. The minimum absolute atomic E-state index is 0.00428. The molecule has 0 aromatic carbocycles. The average Bonchev–Trinajstić information content (AvgIpc) is 2.65. The zero-order valence-electron chi connectivity index (χ0n) is 17.9. The van der Waals surface area contributed by atoms with E-state index >= 15 is 0 Å². The van der Waals surface area contributed by atoms with Gasteiger partial charge in [-0.2, -0.15) is 0 Å².